The predicted molar refractivity (Wildman–Crippen MR) is 316 cm³/mol. The van der Waals surface area contributed by atoms with Gasteiger partial charge in [-0.25, -0.2) is 4.57 Å². The minimum atomic E-state index is -4.40. The van der Waals surface area contributed by atoms with E-state index in [2.05, 4.69) is 123 Å². The Morgan fingerprint density at radius 2 is 0.770 bits per heavy atom. The Balaban J connectivity index is 4.17. The number of likely N-dealkylation sites (N-methyl/N-ethyl adjacent to an activating group) is 1. The Kier molecular flexibility index (Phi) is 52.0. The molecule has 9 nitrogen and oxygen atoms in total. The van der Waals surface area contributed by atoms with Crippen molar-refractivity contribution >= 4 is 19.8 Å². The monoisotopic (exact) mass is 1050 g/mol. The van der Waals surface area contributed by atoms with Crippen LogP contribution in [0.5, 0.6) is 0 Å². The van der Waals surface area contributed by atoms with Crippen molar-refractivity contribution < 1.29 is 42.1 Å². The van der Waals surface area contributed by atoms with Gasteiger partial charge in [0.15, 0.2) is 6.10 Å². The number of carbonyl (C=O) groups excluding carboxylic acids is 2. The number of unbranched alkanes of at least 4 members (excludes halogenated alkanes) is 21. The smallest absolute Gasteiger partial charge is 0.462 e. The first-order valence-electron chi connectivity index (χ1n) is 29.6. The van der Waals surface area contributed by atoms with E-state index < -0.39 is 26.5 Å². The van der Waals surface area contributed by atoms with Gasteiger partial charge >= 0.3 is 19.8 Å². The Labute approximate surface area is 455 Å². The van der Waals surface area contributed by atoms with Gasteiger partial charge in [-0.2, -0.15) is 0 Å². The van der Waals surface area contributed by atoms with Crippen LogP contribution in [0.15, 0.2) is 109 Å². The molecule has 0 amide bonds. The molecule has 2 atom stereocenters. The van der Waals surface area contributed by atoms with Crippen LogP contribution in [-0.4, -0.2) is 74.9 Å². The summed E-state index contributed by atoms with van der Waals surface area (Å²) in [4.78, 5) is 35.7. The van der Waals surface area contributed by atoms with Gasteiger partial charge in [-0.1, -0.05) is 226 Å². The molecule has 0 aromatic heterocycles. The highest BCUT2D eigenvalue weighted by atomic mass is 31.2. The molecule has 0 rings (SSSR count). The molecule has 0 radical (unpaired) electrons. The summed E-state index contributed by atoms with van der Waals surface area (Å²) in [7, 11) is 1.46. The Morgan fingerprint density at radius 3 is 1.15 bits per heavy atom. The molecule has 0 aliphatic rings. The van der Waals surface area contributed by atoms with Crippen LogP contribution in [0.3, 0.4) is 0 Å². The summed E-state index contributed by atoms with van der Waals surface area (Å²) in [6.07, 6.45) is 75.8. The lowest BCUT2D eigenvalue weighted by atomic mass is 10.0. The van der Waals surface area contributed by atoms with Crippen molar-refractivity contribution in [3.8, 4) is 0 Å². The van der Waals surface area contributed by atoms with Gasteiger partial charge in [0.05, 0.1) is 27.7 Å². The van der Waals surface area contributed by atoms with Crippen LogP contribution in [0.2, 0.25) is 0 Å². The second-order valence-electron chi connectivity index (χ2n) is 20.6. The second kappa shape index (κ2) is 54.5. The lowest BCUT2D eigenvalue weighted by molar-refractivity contribution is -0.870. The Bertz CT molecular complexity index is 1620. The molecule has 0 aromatic rings. The summed E-state index contributed by atoms with van der Waals surface area (Å²) < 4.78 is 34.6. The summed E-state index contributed by atoms with van der Waals surface area (Å²) in [5.74, 6) is -0.818. The van der Waals surface area contributed by atoms with Gasteiger partial charge in [0, 0.05) is 12.8 Å². The number of allylic oxidation sites excluding steroid dienone is 18. The minimum absolute atomic E-state index is 0.0240. The van der Waals surface area contributed by atoms with E-state index in [1.54, 1.807) is 0 Å². The molecule has 0 saturated carbocycles. The number of hydrogen-bond donors (Lipinski definition) is 1. The molecule has 0 fully saturated rings. The van der Waals surface area contributed by atoms with Gasteiger partial charge in [0.1, 0.15) is 19.8 Å². The molecular formula is C64H111NO8P+. The number of quaternary nitrogens is 1. The number of carbonyl (C=O) groups is 2. The first kappa shape index (κ1) is 70.7. The van der Waals surface area contributed by atoms with E-state index in [1.807, 2.05) is 21.1 Å². The van der Waals surface area contributed by atoms with Gasteiger partial charge in [-0.05, 0) is 103 Å². The average molecular weight is 1050 g/mol. The number of nitrogens with zero attached hydrogens (tertiary/aromatic N) is 1. The van der Waals surface area contributed by atoms with Crippen LogP contribution >= 0.6 is 7.82 Å². The normalized spacial score (nSPS) is 14.1. The summed E-state index contributed by atoms with van der Waals surface area (Å²) in [6, 6.07) is 0. The van der Waals surface area contributed by atoms with Crippen LogP contribution in [0.1, 0.15) is 232 Å². The zero-order valence-corrected chi connectivity index (χ0v) is 48.9. The van der Waals surface area contributed by atoms with E-state index in [9.17, 15) is 19.0 Å². The van der Waals surface area contributed by atoms with Crippen LogP contribution in [0.25, 0.3) is 0 Å². The maximum absolute atomic E-state index is 12.8. The third kappa shape index (κ3) is 57.9. The van der Waals surface area contributed by atoms with Gasteiger partial charge in [0.25, 0.3) is 0 Å². The number of rotatable bonds is 53. The maximum Gasteiger partial charge on any atom is 0.472 e. The van der Waals surface area contributed by atoms with Crippen molar-refractivity contribution in [1.29, 1.82) is 0 Å². The van der Waals surface area contributed by atoms with Crippen molar-refractivity contribution in [2.75, 3.05) is 47.5 Å². The minimum Gasteiger partial charge on any atom is -0.462 e. The number of hydrogen-bond acceptors (Lipinski definition) is 7. The molecule has 424 valence electrons. The van der Waals surface area contributed by atoms with Gasteiger partial charge in [0.2, 0.25) is 0 Å². The summed E-state index contributed by atoms with van der Waals surface area (Å²) in [5, 5.41) is 0. The first-order valence-corrected chi connectivity index (χ1v) is 31.1. The Morgan fingerprint density at radius 1 is 0.432 bits per heavy atom. The fourth-order valence-corrected chi connectivity index (χ4v) is 8.47. The lowest BCUT2D eigenvalue weighted by Gasteiger charge is -2.24. The van der Waals surface area contributed by atoms with Crippen molar-refractivity contribution in [2.45, 2.75) is 238 Å². The summed E-state index contributed by atoms with van der Waals surface area (Å²) >= 11 is 0. The number of phosphoric ester groups is 1. The second-order valence-corrected chi connectivity index (χ2v) is 22.1. The quantitative estimate of drug-likeness (QED) is 0.0211. The molecule has 10 heteroatoms. The van der Waals surface area contributed by atoms with Gasteiger partial charge in [-0.15, -0.1) is 0 Å². The van der Waals surface area contributed by atoms with E-state index in [-0.39, 0.29) is 32.0 Å². The molecule has 0 heterocycles. The highest BCUT2D eigenvalue weighted by molar-refractivity contribution is 7.47. The van der Waals surface area contributed by atoms with Crippen LogP contribution in [0, 0.1) is 0 Å². The zero-order chi connectivity index (χ0) is 54.2. The summed E-state index contributed by atoms with van der Waals surface area (Å²) in [5.41, 5.74) is 0. The lowest BCUT2D eigenvalue weighted by Crippen LogP contribution is -2.37. The van der Waals surface area contributed by atoms with Crippen LogP contribution in [-0.2, 0) is 32.7 Å². The van der Waals surface area contributed by atoms with Crippen molar-refractivity contribution in [3.63, 3.8) is 0 Å². The van der Waals surface area contributed by atoms with E-state index >= 15 is 0 Å². The Hall–Kier alpha value is -3.33. The number of ether oxygens (including phenoxy) is 2. The third-order valence-corrected chi connectivity index (χ3v) is 13.3. The van der Waals surface area contributed by atoms with Gasteiger partial charge in [-0.3, -0.25) is 18.6 Å². The van der Waals surface area contributed by atoms with Gasteiger partial charge < -0.3 is 18.9 Å². The highest BCUT2D eigenvalue weighted by Gasteiger charge is 2.27. The molecule has 2 unspecified atom stereocenters. The largest absolute Gasteiger partial charge is 0.472 e. The van der Waals surface area contributed by atoms with Crippen molar-refractivity contribution in [1.82, 2.24) is 0 Å². The van der Waals surface area contributed by atoms with E-state index in [1.165, 1.54) is 96.3 Å². The molecule has 1 N–H and O–H groups in total. The first-order chi connectivity index (χ1) is 36.0. The molecule has 0 aliphatic carbocycles. The fourth-order valence-electron chi connectivity index (χ4n) is 7.73. The van der Waals surface area contributed by atoms with E-state index in [0.717, 1.165) is 103 Å². The van der Waals surface area contributed by atoms with Crippen molar-refractivity contribution in [3.05, 3.63) is 109 Å². The fraction of sp³-hybridized carbons (Fsp3) is 0.688. The number of esters is 2. The maximum atomic E-state index is 12.8. The van der Waals surface area contributed by atoms with Crippen LogP contribution < -0.4 is 0 Å². The molecule has 74 heavy (non-hydrogen) atoms. The molecule has 0 saturated heterocycles. The van der Waals surface area contributed by atoms with Crippen molar-refractivity contribution in [2.24, 2.45) is 0 Å². The van der Waals surface area contributed by atoms with E-state index in [4.69, 9.17) is 18.5 Å². The molecule has 0 aliphatic heterocycles. The predicted octanol–water partition coefficient (Wildman–Crippen LogP) is 18.6. The standard InChI is InChI=1S/C64H110NO8P/c1-6-8-10-12-14-16-18-20-22-24-26-27-28-29-30-31-32-33-34-35-36-37-39-41-43-45-47-49-51-53-55-57-64(67)73-62(61-72-74(68,69)71-59-58-65(3,4)5)60-70-63(66)56-54-52-50-48-46-44-42-40-38-25-23-21-19-17-15-13-11-9-7-2/h8,10,14-17,20-23,26-27,29-30,32-33,38,40,62H,6-7,9,11-13,18-19,24-25,28,31,34-37,39,41-61H2,1-5H3/p+1/b10-8-,16-14-,17-15-,22-20-,23-21-,27-26-,30-29-,33-32-,40-38-. The highest BCUT2D eigenvalue weighted by Crippen LogP contribution is 2.43. The topological polar surface area (TPSA) is 108 Å². The zero-order valence-electron chi connectivity index (χ0n) is 48.0. The van der Waals surface area contributed by atoms with E-state index in [0.29, 0.717) is 17.4 Å². The third-order valence-electron chi connectivity index (χ3n) is 12.3. The van der Waals surface area contributed by atoms with Crippen LogP contribution in [0.4, 0.5) is 0 Å². The SMILES string of the molecule is CC/C=C\C/C=C\C/C=C\C/C=C\C/C=C\C/C=C\CCCCCCCCCCCCCCC(=O)OC(COC(=O)CCCCCCCC/C=C\C/C=C\C/C=C\CCCCC)COP(=O)(O)OCC[N+](C)(C)C. The molecule has 0 aromatic carbocycles. The summed E-state index contributed by atoms with van der Waals surface area (Å²) in [6.45, 7) is 4.27. The molecular weight excluding hydrogens is 942 g/mol. The number of phosphoric acid groups is 1. The average Bonchev–Trinajstić information content (AvgIpc) is 3.36. The molecule has 0 bridgehead atoms. The molecule has 0 spiro atoms.